The minimum absolute atomic E-state index is 0.100. The number of hydrogen-bond acceptors (Lipinski definition) is 8. The molecule has 11 heteroatoms. The summed E-state index contributed by atoms with van der Waals surface area (Å²) >= 11 is 0. The van der Waals surface area contributed by atoms with Gasteiger partial charge in [-0.1, -0.05) is 148 Å². The number of methoxy groups -OCH3 is 1. The highest BCUT2D eigenvalue weighted by Gasteiger charge is 2.60. The van der Waals surface area contributed by atoms with E-state index in [4.69, 9.17) is 18.6 Å². The van der Waals surface area contributed by atoms with Crippen LogP contribution >= 0.6 is 6.89 Å². The first-order chi connectivity index (χ1) is 30.1. The zero-order chi connectivity index (χ0) is 45.5. The highest BCUT2D eigenvalue weighted by atomic mass is 31.2. The van der Waals surface area contributed by atoms with Crippen molar-refractivity contribution < 1.29 is 37.8 Å². The van der Waals surface area contributed by atoms with Crippen LogP contribution in [0, 0.1) is 11.8 Å². The summed E-state index contributed by atoms with van der Waals surface area (Å²) in [7, 11) is -0.982. The maximum Gasteiger partial charge on any atom is 0.356 e. The molecule has 0 aromatic heterocycles. The molecule has 0 radical (unpaired) electrons. The van der Waals surface area contributed by atoms with Gasteiger partial charge in [-0.3, -0.25) is 9.59 Å². The Balaban J connectivity index is 1.64. The Morgan fingerprint density at radius 3 is 1.68 bits per heavy atom. The van der Waals surface area contributed by atoms with Gasteiger partial charge in [0.1, 0.15) is 17.3 Å². The second kappa shape index (κ2) is 19.7. The molecular weight excluding hydrogens is 826 g/mol. The van der Waals surface area contributed by atoms with Crippen molar-refractivity contribution in [3.8, 4) is 5.75 Å². The average molecular weight is 884 g/mol. The molecule has 1 aliphatic rings. The molecule has 0 spiro atoms. The van der Waals surface area contributed by atoms with Crippen LogP contribution in [0.2, 0.25) is 18.1 Å². The number of nitrogens with zero attached hydrogens (tertiary/aromatic N) is 1. The molecule has 328 valence electrons. The fourth-order valence-corrected chi connectivity index (χ4v) is 13.8. The van der Waals surface area contributed by atoms with Crippen molar-refractivity contribution in [1.82, 2.24) is 4.90 Å². The zero-order valence-electron chi connectivity index (χ0n) is 37.4. The summed E-state index contributed by atoms with van der Waals surface area (Å²) in [6.45, 7) is 14.7. The fraction of sp³-hybridized carbons (Fsp3) is 0.288. The van der Waals surface area contributed by atoms with Crippen molar-refractivity contribution in [3.05, 3.63) is 169 Å². The molecule has 0 N–H and O–H groups in total. The second-order valence-electron chi connectivity index (χ2n) is 17.4. The summed E-state index contributed by atoms with van der Waals surface area (Å²) in [6, 6.07) is 43.8. The molecule has 1 amide bonds. The van der Waals surface area contributed by atoms with Crippen LogP contribution in [-0.4, -0.2) is 61.7 Å². The van der Waals surface area contributed by atoms with Gasteiger partial charge in [0.05, 0.1) is 36.7 Å². The Morgan fingerprint density at radius 2 is 1.24 bits per heavy atom. The van der Waals surface area contributed by atoms with Gasteiger partial charge in [-0.15, -0.1) is 6.58 Å². The summed E-state index contributed by atoms with van der Waals surface area (Å²) in [4.78, 5) is 60.9. The second-order valence-corrected chi connectivity index (χ2v) is 25.4. The lowest BCUT2D eigenvalue weighted by Gasteiger charge is -2.54. The van der Waals surface area contributed by atoms with Gasteiger partial charge < -0.3 is 23.5 Å². The van der Waals surface area contributed by atoms with Gasteiger partial charge in [0.15, 0.2) is 8.32 Å². The predicted molar refractivity (Wildman–Crippen MR) is 255 cm³/mol. The normalized spacial score (nSPS) is 16.8. The van der Waals surface area contributed by atoms with Crippen LogP contribution in [-0.2, 0) is 28.3 Å². The van der Waals surface area contributed by atoms with Gasteiger partial charge in [-0.2, -0.15) is 0 Å². The largest absolute Gasteiger partial charge is 0.497 e. The zero-order valence-corrected chi connectivity index (χ0v) is 39.3. The lowest BCUT2D eigenvalue weighted by Crippen LogP contribution is -2.71. The maximum atomic E-state index is 15.9. The monoisotopic (exact) mass is 883 g/mol. The van der Waals surface area contributed by atoms with E-state index in [1.807, 2.05) is 128 Å². The molecule has 1 saturated heterocycles. The molecule has 1 aliphatic heterocycles. The van der Waals surface area contributed by atoms with Crippen molar-refractivity contribution in [2.45, 2.75) is 77.4 Å². The standard InChI is InChI=1S/C52H58NO8PSi/c1-10-23-44(38-24-15-11-16-25-38)59-51(57)48(62(41-26-17-12-18-27-41,42-28-19-13-20-29-42)43-30-21-14-22-31-43)53-46(45(47(53)54)37(3)61-63(8,9)52(4,5)6)36(2)49(55)60-50(56)39-32-34-40(58-7)35-33-39/h10-22,24-37,44-46H,1,23H2,2-9H3/t36-,37-,44?,45-,46+/m1/s1. The molecule has 0 bridgehead atoms. The molecular formula is C52H58NO8PSi. The molecule has 0 saturated carbocycles. The number of likely N-dealkylation sites (tertiary alicyclic amines) is 1. The van der Waals surface area contributed by atoms with E-state index in [2.05, 4.69) is 40.4 Å². The Hall–Kier alpha value is -5.80. The average Bonchev–Trinajstić information content (AvgIpc) is 3.28. The number of carbonyl (C=O) groups is 4. The Morgan fingerprint density at radius 1 is 0.762 bits per heavy atom. The maximum absolute atomic E-state index is 15.9. The third kappa shape index (κ3) is 9.59. The molecule has 0 aliphatic carbocycles. The summed E-state index contributed by atoms with van der Waals surface area (Å²) in [5.74, 6) is -4.31. The minimum atomic E-state index is -3.40. The van der Waals surface area contributed by atoms with E-state index in [0.29, 0.717) is 12.2 Å². The first-order valence-electron chi connectivity index (χ1n) is 21.3. The van der Waals surface area contributed by atoms with Crippen molar-refractivity contribution in [1.29, 1.82) is 0 Å². The Kier molecular flexibility index (Phi) is 14.6. The van der Waals surface area contributed by atoms with Crippen LogP contribution in [0.3, 0.4) is 0 Å². The number of amides is 1. The first kappa shape index (κ1) is 46.7. The van der Waals surface area contributed by atoms with E-state index in [9.17, 15) is 9.59 Å². The van der Waals surface area contributed by atoms with E-state index in [1.165, 1.54) is 24.1 Å². The highest BCUT2D eigenvalue weighted by Crippen LogP contribution is 2.51. The lowest BCUT2D eigenvalue weighted by atomic mass is 9.76. The number of hydrogen-bond donors (Lipinski definition) is 0. The van der Waals surface area contributed by atoms with E-state index in [0.717, 1.165) is 21.5 Å². The van der Waals surface area contributed by atoms with Gasteiger partial charge in [0.25, 0.3) is 0 Å². The molecule has 1 fully saturated rings. The van der Waals surface area contributed by atoms with Gasteiger partial charge in [-0.05, 0) is 77.7 Å². The minimum Gasteiger partial charge on any atom is -0.497 e. The predicted octanol–water partition coefficient (Wildman–Crippen LogP) is 9.24. The number of β-lactam (4-membered cyclic amide) rings is 1. The van der Waals surface area contributed by atoms with E-state index in [1.54, 1.807) is 25.1 Å². The van der Waals surface area contributed by atoms with E-state index < -0.39 is 69.1 Å². The van der Waals surface area contributed by atoms with Crippen molar-refractivity contribution in [2.24, 2.45) is 11.8 Å². The van der Waals surface area contributed by atoms with Gasteiger partial charge in [0.2, 0.25) is 5.91 Å². The molecule has 5 atom stereocenters. The highest BCUT2D eigenvalue weighted by molar-refractivity contribution is 7.96. The van der Waals surface area contributed by atoms with Gasteiger partial charge in [-0.25, -0.2) is 9.59 Å². The van der Waals surface area contributed by atoms with Gasteiger partial charge in [0, 0.05) is 13.3 Å². The Labute approximate surface area is 373 Å². The van der Waals surface area contributed by atoms with E-state index >= 15 is 9.59 Å². The van der Waals surface area contributed by atoms with Crippen molar-refractivity contribution >= 4 is 60.3 Å². The number of esters is 3. The molecule has 1 unspecified atom stereocenters. The van der Waals surface area contributed by atoms with Crippen LogP contribution in [0.5, 0.6) is 5.75 Å². The summed E-state index contributed by atoms with van der Waals surface area (Å²) < 4.78 is 24.4. The lowest BCUT2D eigenvalue weighted by molar-refractivity contribution is -0.166. The molecule has 63 heavy (non-hydrogen) atoms. The molecule has 5 aromatic carbocycles. The summed E-state index contributed by atoms with van der Waals surface area (Å²) in [5.41, 5.74) is 1.00. The fourth-order valence-electron chi connectivity index (χ4n) is 8.03. The van der Waals surface area contributed by atoms with Crippen LogP contribution in [0.4, 0.5) is 0 Å². The van der Waals surface area contributed by atoms with E-state index in [-0.39, 0.29) is 16.0 Å². The summed E-state index contributed by atoms with van der Waals surface area (Å²) in [6.07, 6.45) is 0.556. The molecule has 5 aromatic rings. The SMILES string of the molecule is C=CCC(OC(=O)C(N1C(=O)[C@H]([C@@H](C)O[Si](C)(C)C(C)(C)C)[C@@H]1[C@@H](C)C(=O)OC(=O)c1ccc(OC)cc1)=P(c1ccccc1)(c1ccccc1)c1ccccc1)c1ccccc1. The van der Waals surface area contributed by atoms with Crippen molar-refractivity contribution in [3.63, 3.8) is 0 Å². The first-order valence-corrected chi connectivity index (χ1v) is 26.0. The van der Waals surface area contributed by atoms with Crippen LogP contribution in [0.25, 0.3) is 0 Å². The summed E-state index contributed by atoms with van der Waals surface area (Å²) in [5, 5.41) is 2.17. The topological polar surface area (TPSA) is 108 Å². The number of carbonyl (C=O) groups excluding carboxylic acids is 4. The number of ether oxygens (including phenoxy) is 3. The number of rotatable bonds is 16. The quantitative estimate of drug-likeness (QED) is 0.0241. The van der Waals surface area contributed by atoms with Crippen LogP contribution in [0.15, 0.2) is 158 Å². The smallest absolute Gasteiger partial charge is 0.356 e. The molecule has 1 heterocycles. The third-order valence-corrected chi connectivity index (χ3v) is 21.2. The van der Waals surface area contributed by atoms with Crippen LogP contribution in [0.1, 0.15) is 63.1 Å². The van der Waals surface area contributed by atoms with Gasteiger partial charge >= 0.3 is 17.9 Å². The Bertz CT molecular complexity index is 2350. The molecule has 6 rings (SSSR count). The van der Waals surface area contributed by atoms with Crippen LogP contribution < -0.4 is 20.7 Å². The third-order valence-electron chi connectivity index (χ3n) is 12.3. The molecule has 9 nitrogen and oxygen atoms in total. The van der Waals surface area contributed by atoms with Crippen molar-refractivity contribution in [2.75, 3.05) is 7.11 Å². The number of benzene rings is 5.